The van der Waals surface area contributed by atoms with Gasteiger partial charge >= 0.3 is 5.97 Å². The summed E-state index contributed by atoms with van der Waals surface area (Å²) in [5, 5.41) is 19.6. The average Bonchev–Trinajstić information content (AvgIpc) is 3.56. The lowest BCUT2D eigenvalue weighted by atomic mass is 10.1. The van der Waals surface area contributed by atoms with E-state index in [1.807, 2.05) is 62.1 Å². The second kappa shape index (κ2) is 12.5. The van der Waals surface area contributed by atoms with Crippen molar-refractivity contribution in [2.45, 2.75) is 59.4 Å². The highest BCUT2D eigenvalue weighted by Gasteiger charge is 2.30. The van der Waals surface area contributed by atoms with Crippen LogP contribution in [0.2, 0.25) is 0 Å². The topological polar surface area (TPSA) is 95.9 Å². The van der Waals surface area contributed by atoms with Crippen LogP contribution in [0.15, 0.2) is 36.4 Å². The normalized spacial score (nSPS) is 15.5. The number of benzene rings is 2. The highest BCUT2D eigenvalue weighted by molar-refractivity contribution is 7.18. The highest BCUT2D eigenvalue weighted by atomic mass is 32.1. The Kier molecular flexibility index (Phi) is 9.12. The van der Waals surface area contributed by atoms with Crippen LogP contribution in [0.3, 0.4) is 0 Å². The van der Waals surface area contributed by atoms with Gasteiger partial charge in [0, 0.05) is 24.2 Å². The molecule has 1 amide bonds. The van der Waals surface area contributed by atoms with Crippen LogP contribution in [-0.4, -0.2) is 64.4 Å². The molecule has 0 spiro atoms. The first-order chi connectivity index (χ1) is 18.3. The molecule has 38 heavy (non-hydrogen) atoms. The molecule has 0 bridgehead atoms. The monoisotopic (exact) mass is 536 g/mol. The Bertz CT molecular complexity index is 1270. The van der Waals surface area contributed by atoms with Crippen molar-refractivity contribution in [3.8, 4) is 16.3 Å². The van der Waals surface area contributed by atoms with E-state index in [1.165, 1.54) is 11.3 Å². The van der Waals surface area contributed by atoms with Gasteiger partial charge in [-0.2, -0.15) is 0 Å². The molecule has 4 rings (SSSR count). The molecule has 1 aliphatic rings. The number of aromatic nitrogens is 2. The van der Waals surface area contributed by atoms with Gasteiger partial charge in [0.2, 0.25) is 5.13 Å². The number of carbonyl (C=O) groups is 2. The fourth-order valence-electron chi connectivity index (χ4n) is 4.94. The third kappa shape index (κ3) is 6.22. The van der Waals surface area contributed by atoms with E-state index in [1.54, 1.807) is 4.90 Å². The molecule has 2 aromatic carbocycles. The molecule has 1 saturated heterocycles. The number of carboxylic acids is 1. The number of unbranched alkanes of at least 4 members (excludes halogenated alkanes) is 1. The van der Waals surface area contributed by atoms with Crippen molar-refractivity contribution in [3.63, 3.8) is 0 Å². The second-order valence-electron chi connectivity index (χ2n) is 9.83. The van der Waals surface area contributed by atoms with Crippen LogP contribution in [0.4, 0.5) is 5.13 Å². The number of hydrogen-bond acceptors (Lipinski definition) is 7. The standard InChI is InChI=1S/C29H36N4O4S/c1-5-6-14-33(27(34)23-11-8-7-10-19(23)2)29-31-30-26(38-29)22-17-20(3)25(21(4)18-22)37-16-15-32-13-9-12-24(32)28(35)36/h7-8,10-11,17-18,24H,5-6,9,12-16H2,1-4H3,(H,35,36)/t24-/m0/s1. The number of aryl methyl sites for hydroxylation is 3. The van der Waals surface area contributed by atoms with Gasteiger partial charge in [0.1, 0.15) is 23.4 Å². The number of anilines is 1. The summed E-state index contributed by atoms with van der Waals surface area (Å²) in [5.74, 6) is -0.00753. The summed E-state index contributed by atoms with van der Waals surface area (Å²) in [4.78, 5) is 28.6. The number of carbonyl (C=O) groups excluding carboxylic acids is 1. The number of nitrogens with zero attached hydrogens (tertiary/aromatic N) is 4. The summed E-state index contributed by atoms with van der Waals surface area (Å²) in [5.41, 5.74) is 4.50. The molecule has 9 heteroatoms. The number of likely N-dealkylation sites (tertiary alicyclic amines) is 1. The fraction of sp³-hybridized carbons (Fsp3) is 0.448. The smallest absolute Gasteiger partial charge is 0.320 e. The summed E-state index contributed by atoms with van der Waals surface area (Å²) >= 11 is 1.41. The molecular formula is C29H36N4O4S. The van der Waals surface area contributed by atoms with E-state index in [2.05, 4.69) is 17.1 Å². The van der Waals surface area contributed by atoms with Crippen LogP contribution in [-0.2, 0) is 4.79 Å². The van der Waals surface area contributed by atoms with Gasteiger partial charge in [-0.15, -0.1) is 10.2 Å². The lowest BCUT2D eigenvalue weighted by Crippen LogP contribution is -2.38. The van der Waals surface area contributed by atoms with Crippen molar-refractivity contribution in [1.82, 2.24) is 15.1 Å². The molecule has 8 nitrogen and oxygen atoms in total. The van der Waals surface area contributed by atoms with E-state index in [4.69, 9.17) is 4.74 Å². The van der Waals surface area contributed by atoms with Gasteiger partial charge in [0.05, 0.1) is 0 Å². The van der Waals surface area contributed by atoms with Crippen molar-refractivity contribution in [2.75, 3.05) is 31.1 Å². The first kappa shape index (κ1) is 27.7. The number of hydrogen-bond donors (Lipinski definition) is 1. The van der Waals surface area contributed by atoms with Crippen molar-refractivity contribution in [2.24, 2.45) is 0 Å². The largest absolute Gasteiger partial charge is 0.492 e. The molecule has 202 valence electrons. The maximum atomic E-state index is 13.4. The molecule has 1 N–H and O–H groups in total. The molecular weight excluding hydrogens is 500 g/mol. The molecule has 0 saturated carbocycles. The van der Waals surface area contributed by atoms with Crippen molar-refractivity contribution in [3.05, 3.63) is 58.7 Å². The Labute approximate surface area is 228 Å². The number of ether oxygens (including phenoxy) is 1. The summed E-state index contributed by atoms with van der Waals surface area (Å²) in [6, 6.07) is 11.3. The zero-order chi connectivity index (χ0) is 27.2. The van der Waals surface area contributed by atoms with E-state index in [-0.39, 0.29) is 5.91 Å². The zero-order valence-electron chi connectivity index (χ0n) is 22.6. The lowest BCUT2D eigenvalue weighted by molar-refractivity contribution is -0.142. The predicted molar refractivity (Wildman–Crippen MR) is 150 cm³/mol. The zero-order valence-corrected chi connectivity index (χ0v) is 23.4. The number of carboxylic acid groups (broad SMARTS) is 1. The molecule has 3 aromatic rings. The van der Waals surface area contributed by atoms with Crippen molar-refractivity contribution in [1.29, 1.82) is 0 Å². The third-order valence-electron chi connectivity index (χ3n) is 6.98. The summed E-state index contributed by atoms with van der Waals surface area (Å²) in [6.45, 7) is 10.4. The fourth-order valence-corrected chi connectivity index (χ4v) is 5.80. The Hall–Kier alpha value is -3.30. The van der Waals surface area contributed by atoms with Crippen LogP contribution in [0, 0.1) is 20.8 Å². The Morgan fingerprint density at radius 2 is 1.87 bits per heavy atom. The molecule has 1 fully saturated rings. The Morgan fingerprint density at radius 1 is 1.13 bits per heavy atom. The predicted octanol–water partition coefficient (Wildman–Crippen LogP) is 5.51. The van der Waals surface area contributed by atoms with Gasteiger partial charge in [-0.25, -0.2) is 0 Å². The van der Waals surface area contributed by atoms with E-state index in [0.29, 0.717) is 36.8 Å². The minimum atomic E-state index is -0.760. The van der Waals surface area contributed by atoms with Gasteiger partial charge in [-0.3, -0.25) is 19.4 Å². The number of amides is 1. The molecule has 2 heterocycles. The van der Waals surface area contributed by atoms with Crippen LogP contribution >= 0.6 is 11.3 Å². The molecule has 1 aromatic heterocycles. The van der Waals surface area contributed by atoms with Gasteiger partial charge < -0.3 is 9.84 Å². The SMILES string of the molecule is CCCCN(C(=O)c1ccccc1C)c1nnc(-c2cc(C)c(OCCN3CCC[C@H]3C(=O)O)c(C)c2)s1. The second-order valence-corrected chi connectivity index (χ2v) is 10.8. The van der Waals surface area contributed by atoms with Crippen molar-refractivity contribution >= 4 is 28.3 Å². The average molecular weight is 537 g/mol. The maximum Gasteiger partial charge on any atom is 0.320 e. The quantitative estimate of drug-likeness (QED) is 0.345. The molecule has 0 aliphatic carbocycles. The van der Waals surface area contributed by atoms with Crippen LogP contribution in [0.1, 0.15) is 59.7 Å². The Balaban J connectivity index is 1.49. The van der Waals surface area contributed by atoms with Gasteiger partial charge in [-0.05, 0) is 81.5 Å². The summed E-state index contributed by atoms with van der Waals surface area (Å²) in [6.07, 6.45) is 3.44. The van der Waals surface area contributed by atoms with Crippen LogP contribution in [0.25, 0.3) is 10.6 Å². The highest BCUT2D eigenvalue weighted by Crippen LogP contribution is 2.34. The van der Waals surface area contributed by atoms with Gasteiger partial charge in [-0.1, -0.05) is 42.9 Å². The lowest BCUT2D eigenvalue weighted by Gasteiger charge is -2.22. The van der Waals surface area contributed by atoms with E-state index in [0.717, 1.165) is 58.8 Å². The number of aliphatic carboxylic acids is 1. The van der Waals surface area contributed by atoms with E-state index < -0.39 is 12.0 Å². The summed E-state index contributed by atoms with van der Waals surface area (Å²) < 4.78 is 6.11. The van der Waals surface area contributed by atoms with E-state index in [9.17, 15) is 14.7 Å². The minimum Gasteiger partial charge on any atom is -0.492 e. The molecule has 1 aliphatic heterocycles. The Morgan fingerprint density at radius 3 is 2.55 bits per heavy atom. The molecule has 0 radical (unpaired) electrons. The maximum absolute atomic E-state index is 13.4. The first-order valence-corrected chi connectivity index (χ1v) is 14.0. The van der Waals surface area contributed by atoms with Crippen LogP contribution in [0.5, 0.6) is 5.75 Å². The minimum absolute atomic E-state index is 0.0569. The third-order valence-corrected chi connectivity index (χ3v) is 7.98. The molecule has 0 unspecified atom stereocenters. The molecule has 1 atom stereocenters. The van der Waals surface area contributed by atoms with Crippen molar-refractivity contribution < 1.29 is 19.4 Å². The van der Waals surface area contributed by atoms with Crippen LogP contribution < -0.4 is 9.64 Å². The van der Waals surface area contributed by atoms with Gasteiger partial charge in [0.25, 0.3) is 5.91 Å². The van der Waals surface area contributed by atoms with E-state index >= 15 is 0 Å². The number of rotatable bonds is 11. The summed E-state index contributed by atoms with van der Waals surface area (Å²) in [7, 11) is 0. The van der Waals surface area contributed by atoms with Gasteiger partial charge in [0.15, 0.2) is 0 Å². The first-order valence-electron chi connectivity index (χ1n) is 13.2.